The van der Waals surface area contributed by atoms with Crippen LogP contribution in [0.5, 0.6) is 0 Å². The molecule has 2 heterocycles. The van der Waals surface area contributed by atoms with Crippen molar-refractivity contribution in [1.29, 1.82) is 0 Å². The van der Waals surface area contributed by atoms with Crippen LogP contribution >= 0.6 is 15.6 Å². The summed E-state index contributed by atoms with van der Waals surface area (Å²) in [5.41, 5.74) is -0.963. The number of rotatable bonds is 6. The van der Waals surface area contributed by atoms with Crippen LogP contribution in [0.1, 0.15) is 11.8 Å². The van der Waals surface area contributed by atoms with Crippen LogP contribution in [0.25, 0.3) is 0 Å². The van der Waals surface area contributed by atoms with E-state index in [2.05, 4.69) is 26.7 Å². The number of phosphoric acid groups is 2. The van der Waals surface area contributed by atoms with Crippen LogP contribution in [0, 0.1) is 19.8 Å². The lowest BCUT2D eigenvalue weighted by molar-refractivity contribution is -0.0105. The van der Waals surface area contributed by atoms with E-state index >= 15 is 0 Å². The monoisotopic (exact) mass is 410 g/mol. The standard InChI is InChI=1S/C10H14N2O10P2.C2H2/c1-6-4-12(10(14)11-9(6)13)8-3-2-7(21-8)5-20-24(18,19)22-23(15,16)17;1-2/h2-4,7-8H,5H2,1H3,(H,18,19)(H,11,13,14)(H2,15,16,17);1-2H/t7-,8?;/m0./s1. The van der Waals surface area contributed by atoms with Crippen molar-refractivity contribution in [2.24, 2.45) is 0 Å². The SMILES string of the molecule is C#C.Cc1cn(C2C=C[C@@H](COP(=O)(O)OP(=O)(O)O)O2)c(=O)[nH]c1=O. The van der Waals surface area contributed by atoms with Crippen LogP contribution in [-0.2, 0) is 22.7 Å². The van der Waals surface area contributed by atoms with E-state index < -0.39 is 45.8 Å². The fourth-order valence-electron chi connectivity index (χ4n) is 1.84. The van der Waals surface area contributed by atoms with Crippen LogP contribution in [0.15, 0.2) is 27.9 Å². The topological polar surface area (TPSA) is 177 Å². The lowest BCUT2D eigenvalue weighted by Gasteiger charge is -2.18. The molecule has 1 aromatic rings. The fraction of sp³-hybridized carbons (Fsp3) is 0.333. The Balaban J connectivity index is 0.00000163. The Morgan fingerprint density at radius 3 is 2.46 bits per heavy atom. The highest BCUT2D eigenvalue weighted by Gasteiger charge is 2.34. The molecule has 4 N–H and O–H groups in total. The second-order valence-electron chi connectivity index (χ2n) is 4.77. The van der Waals surface area contributed by atoms with Gasteiger partial charge in [-0.3, -0.25) is 18.9 Å². The van der Waals surface area contributed by atoms with E-state index in [1.165, 1.54) is 25.3 Å². The molecule has 26 heavy (non-hydrogen) atoms. The van der Waals surface area contributed by atoms with Crippen LogP contribution in [0.4, 0.5) is 0 Å². The largest absolute Gasteiger partial charge is 0.481 e. The molecule has 0 amide bonds. The average Bonchev–Trinajstić information content (AvgIpc) is 2.97. The molecule has 2 rings (SSSR count). The molecule has 0 spiro atoms. The van der Waals surface area contributed by atoms with Gasteiger partial charge in [0.2, 0.25) is 0 Å². The summed E-state index contributed by atoms with van der Waals surface area (Å²) in [6, 6.07) is 0. The number of aromatic nitrogens is 2. The smallest absolute Gasteiger partial charge is 0.344 e. The van der Waals surface area contributed by atoms with E-state index in [4.69, 9.17) is 19.4 Å². The third-order valence-electron chi connectivity index (χ3n) is 2.84. The molecule has 0 bridgehead atoms. The van der Waals surface area contributed by atoms with E-state index in [9.17, 15) is 18.7 Å². The Kier molecular flexibility index (Phi) is 7.46. The molecular weight excluding hydrogens is 394 g/mol. The lowest BCUT2D eigenvalue weighted by Crippen LogP contribution is -2.33. The molecule has 1 aliphatic heterocycles. The summed E-state index contributed by atoms with van der Waals surface area (Å²) in [5.74, 6) is 0. The number of aromatic amines is 1. The van der Waals surface area contributed by atoms with Crippen molar-refractivity contribution in [1.82, 2.24) is 9.55 Å². The second-order valence-corrected chi connectivity index (χ2v) is 7.59. The predicted molar refractivity (Wildman–Crippen MR) is 87.9 cm³/mol. The third-order valence-corrected chi connectivity index (χ3v) is 4.99. The van der Waals surface area contributed by atoms with Gasteiger partial charge in [-0.1, -0.05) is 6.08 Å². The third kappa shape index (κ3) is 6.49. The van der Waals surface area contributed by atoms with Gasteiger partial charge in [0, 0.05) is 11.8 Å². The molecule has 12 nitrogen and oxygen atoms in total. The van der Waals surface area contributed by atoms with Crippen molar-refractivity contribution in [2.75, 3.05) is 6.61 Å². The molecule has 0 saturated heterocycles. The van der Waals surface area contributed by atoms with Gasteiger partial charge in [-0.15, -0.1) is 12.8 Å². The predicted octanol–water partition coefficient (Wildman–Crippen LogP) is -0.226. The fourth-order valence-corrected chi connectivity index (χ4v) is 3.44. The van der Waals surface area contributed by atoms with Gasteiger partial charge in [-0.05, 0) is 13.0 Å². The van der Waals surface area contributed by atoms with Gasteiger partial charge < -0.3 is 19.4 Å². The number of H-pyrrole nitrogens is 1. The number of hydrogen-bond donors (Lipinski definition) is 4. The lowest BCUT2D eigenvalue weighted by atomic mass is 10.3. The van der Waals surface area contributed by atoms with Crippen LogP contribution < -0.4 is 11.2 Å². The molecule has 14 heteroatoms. The van der Waals surface area contributed by atoms with Gasteiger partial charge in [-0.25, -0.2) is 13.9 Å². The Bertz CT molecular complexity index is 895. The molecule has 144 valence electrons. The highest BCUT2D eigenvalue weighted by atomic mass is 31.3. The number of ether oxygens (including phenoxy) is 1. The van der Waals surface area contributed by atoms with Crippen molar-refractivity contribution in [3.63, 3.8) is 0 Å². The molecular formula is C12H16N2O10P2. The summed E-state index contributed by atoms with van der Waals surface area (Å²) < 4.78 is 36.4. The number of terminal acetylenes is 1. The van der Waals surface area contributed by atoms with E-state index in [0.29, 0.717) is 0 Å². The molecule has 0 fully saturated rings. The maximum absolute atomic E-state index is 11.7. The summed E-state index contributed by atoms with van der Waals surface area (Å²) in [5, 5.41) is 0. The summed E-state index contributed by atoms with van der Waals surface area (Å²) in [6.07, 6.45) is 10.4. The molecule has 3 atom stereocenters. The van der Waals surface area contributed by atoms with E-state index in [0.717, 1.165) is 4.57 Å². The number of aryl methyl sites for hydroxylation is 1. The average molecular weight is 410 g/mol. The molecule has 0 aliphatic carbocycles. The Labute approximate surface area is 146 Å². The second kappa shape index (κ2) is 8.73. The molecule has 1 aliphatic rings. The maximum Gasteiger partial charge on any atom is 0.481 e. The highest BCUT2D eigenvalue weighted by Crippen LogP contribution is 2.57. The van der Waals surface area contributed by atoms with E-state index in [1.54, 1.807) is 0 Å². The van der Waals surface area contributed by atoms with E-state index in [-0.39, 0.29) is 5.56 Å². The van der Waals surface area contributed by atoms with Gasteiger partial charge >= 0.3 is 21.3 Å². The van der Waals surface area contributed by atoms with Crippen molar-refractivity contribution in [3.8, 4) is 12.8 Å². The van der Waals surface area contributed by atoms with Crippen LogP contribution in [0.3, 0.4) is 0 Å². The maximum atomic E-state index is 11.7. The zero-order valence-electron chi connectivity index (χ0n) is 13.3. The first-order chi connectivity index (χ1) is 12.0. The minimum absolute atomic E-state index is 0.279. The summed E-state index contributed by atoms with van der Waals surface area (Å²) in [4.78, 5) is 51.2. The first-order valence-corrected chi connectivity index (χ1v) is 9.73. The van der Waals surface area contributed by atoms with Gasteiger partial charge in [0.1, 0.15) is 6.10 Å². The number of nitrogens with one attached hydrogen (secondary N) is 1. The van der Waals surface area contributed by atoms with Gasteiger partial charge in [0.05, 0.1) is 6.61 Å². The van der Waals surface area contributed by atoms with Gasteiger partial charge in [0.25, 0.3) is 5.56 Å². The highest BCUT2D eigenvalue weighted by molar-refractivity contribution is 7.60. The van der Waals surface area contributed by atoms with E-state index in [1.807, 2.05) is 0 Å². The Morgan fingerprint density at radius 2 is 1.88 bits per heavy atom. The number of hydrogen-bond acceptors (Lipinski definition) is 7. The van der Waals surface area contributed by atoms with Crippen molar-refractivity contribution in [3.05, 3.63) is 44.8 Å². The first kappa shape index (κ1) is 22.2. The molecule has 0 saturated carbocycles. The molecule has 0 aromatic carbocycles. The van der Waals surface area contributed by atoms with Crippen LogP contribution in [-0.4, -0.2) is 36.9 Å². The van der Waals surface area contributed by atoms with Crippen molar-refractivity contribution in [2.45, 2.75) is 19.3 Å². The molecule has 1 aromatic heterocycles. The Morgan fingerprint density at radius 1 is 1.27 bits per heavy atom. The zero-order valence-corrected chi connectivity index (χ0v) is 15.1. The van der Waals surface area contributed by atoms with Gasteiger partial charge in [-0.2, -0.15) is 4.31 Å². The van der Waals surface area contributed by atoms with Crippen LogP contribution in [0.2, 0.25) is 0 Å². The zero-order chi connectivity index (χ0) is 20.1. The van der Waals surface area contributed by atoms with Crippen molar-refractivity contribution < 1.29 is 37.4 Å². The summed E-state index contributed by atoms with van der Waals surface area (Å²) >= 11 is 0. The summed E-state index contributed by atoms with van der Waals surface area (Å²) in [6.45, 7) is 0.938. The molecule has 0 radical (unpaired) electrons. The molecule has 2 unspecified atom stereocenters. The minimum atomic E-state index is -5.20. The van der Waals surface area contributed by atoms with Gasteiger partial charge in [0.15, 0.2) is 6.23 Å². The number of phosphoric ester groups is 1. The Hall–Kier alpha value is -1.80. The summed E-state index contributed by atoms with van der Waals surface area (Å²) in [7, 11) is -10.2. The first-order valence-electron chi connectivity index (χ1n) is 6.70. The number of nitrogens with zero attached hydrogens (tertiary/aromatic N) is 1. The quantitative estimate of drug-likeness (QED) is 0.278. The normalized spacial score (nSPS) is 21.6. The van der Waals surface area contributed by atoms with Crippen molar-refractivity contribution >= 4 is 15.6 Å². The minimum Gasteiger partial charge on any atom is -0.344 e.